The van der Waals surface area contributed by atoms with Crippen LogP contribution in [0.25, 0.3) is 11.1 Å². The smallest absolute Gasteiger partial charge is 0.366 e. The number of benzene rings is 2. The number of sulfonamides is 1. The maximum atomic E-state index is 13.3. The molecule has 0 radical (unpaired) electrons. The molecule has 1 aliphatic rings. The fourth-order valence-corrected chi connectivity index (χ4v) is 5.90. The van der Waals surface area contributed by atoms with E-state index in [0.717, 1.165) is 12.1 Å². The Kier molecular flexibility index (Phi) is 7.00. The maximum absolute atomic E-state index is 13.3. The molecule has 1 amide bonds. The van der Waals surface area contributed by atoms with Gasteiger partial charge >= 0.3 is 6.18 Å². The van der Waals surface area contributed by atoms with E-state index in [1.54, 1.807) is 48.2 Å². The Hall–Kier alpha value is -3.15. The molecule has 1 atom stereocenters. The lowest BCUT2D eigenvalue weighted by atomic mass is 9.99. The average Bonchev–Trinajstić information content (AvgIpc) is 2.83. The predicted molar refractivity (Wildman–Crippen MR) is 130 cm³/mol. The lowest BCUT2D eigenvalue weighted by Crippen LogP contribution is -2.54. The molecule has 1 fully saturated rings. The second-order valence-corrected chi connectivity index (χ2v) is 10.7. The summed E-state index contributed by atoms with van der Waals surface area (Å²) >= 11 is 5.82. The third-order valence-electron chi connectivity index (χ3n) is 5.99. The van der Waals surface area contributed by atoms with Crippen LogP contribution in [0.4, 0.5) is 19.0 Å². The van der Waals surface area contributed by atoms with E-state index in [2.05, 4.69) is 4.98 Å². The highest BCUT2D eigenvalue weighted by Crippen LogP contribution is 2.34. The number of halogens is 4. The number of pyridine rings is 1. The van der Waals surface area contributed by atoms with Gasteiger partial charge in [-0.05, 0) is 48.4 Å². The van der Waals surface area contributed by atoms with Crippen LogP contribution in [0, 0.1) is 0 Å². The Labute approximate surface area is 211 Å². The van der Waals surface area contributed by atoms with Crippen LogP contribution in [0.3, 0.4) is 0 Å². The van der Waals surface area contributed by atoms with Crippen molar-refractivity contribution in [2.75, 3.05) is 24.5 Å². The number of aromatic nitrogens is 1. The van der Waals surface area contributed by atoms with Gasteiger partial charge in [-0.1, -0.05) is 41.9 Å². The molecule has 0 aliphatic carbocycles. The van der Waals surface area contributed by atoms with Crippen LogP contribution in [0.1, 0.15) is 22.8 Å². The van der Waals surface area contributed by atoms with Crippen LogP contribution in [0.15, 0.2) is 65.6 Å². The van der Waals surface area contributed by atoms with Gasteiger partial charge in [0.1, 0.15) is 11.0 Å². The van der Waals surface area contributed by atoms with Crippen LogP contribution in [0.2, 0.25) is 5.15 Å². The summed E-state index contributed by atoms with van der Waals surface area (Å²) in [7, 11) is -3.88. The van der Waals surface area contributed by atoms with Crippen molar-refractivity contribution in [3.63, 3.8) is 0 Å². The summed E-state index contributed by atoms with van der Waals surface area (Å²) in [6, 6.07) is 14.1. The van der Waals surface area contributed by atoms with Gasteiger partial charge in [0.15, 0.2) is 0 Å². The molecule has 1 aromatic heterocycles. The number of amides is 1. The highest BCUT2D eigenvalue weighted by Gasteiger charge is 2.35. The fourth-order valence-electron chi connectivity index (χ4n) is 4.18. The first kappa shape index (κ1) is 25.9. The maximum Gasteiger partial charge on any atom is 0.416 e. The molecule has 3 aromatic rings. The summed E-state index contributed by atoms with van der Waals surface area (Å²) < 4.78 is 67.5. The zero-order chi connectivity index (χ0) is 26.3. The Morgan fingerprint density at radius 1 is 1.08 bits per heavy atom. The monoisotopic (exact) mass is 538 g/mol. The van der Waals surface area contributed by atoms with E-state index in [1.807, 2.05) is 0 Å². The summed E-state index contributed by atoms with van der Waals surface area (Å²) in [5, 5.41) is -0.292. The molecule has 1 saturated heterocycles. The summed E-state index contributed by atoms with van der Waals surface area (Å²) in [6.45, 7) is 1.94. The Balaban J connectivity index is 1.54. The number of primary amides is 1. The van der Waals surface area contributed by atoms with Crippen molar-refractivity contribution in [3.8, 4) is 11.1 Å². The van der Waals surface area contributed by atoms with Crippen molar-refractivity contribution < 1.29 is 26.4 Å². The number of alkyl halides is 3. The van der Waals surface area contributed by atoms with E-state index >= 15 is 0 Å². The number of piperazine rings is 1. The molecule has 2 aromatic carbocycles. The molecular weight excluding hydrogens is 517 g/mol. The molecule has 4 rings (SSSR count). The van der Waals surface area contributed by atoms with Gasteiger partial charge in [0, 0.05) is 31.2 Å². The van der Waals surface area contributed by atoms with Crippen LogP contribution in [-0.2, 0) is 16.2 Å². The van der Waals surface area contributed by atoms with Crippen LogP contribution in [0.5, 0.6) is 0 Å². The molecule has 36 heavy (non-hydrogen) atoms. The molecule has 190 valence electrons. The minimum absolute atomic E-state index is 0.0387. The number of nitrogens with two attached hydrogens (primary N) is 1. The fraction of sp³-hybridized carbons (Fsp3) is 0.250. The largest absolute Gasteiger partial charge is 0.416 e. The van der Waals surface area contributed by atoms with E-state index in [1.165, 1.54) is 16.4 Å². The molecule has 1 aliphatic heterocycles. The van der Waals surface area contributed by atoms with Crippen LogP contribution >= 0.6 is 11.6 Å². The molecule has 2 heterocycles. The van der Waals surface area contributed by atoms with Crippen LogP contribution < -0.4 is 10.6 Å². The highest BCUT2D eigenvalue weighted by atomic mass is 35.5. The van der Waals surface area contributed by atoms with E-state index in [-0.39, 0.29) is 35.5 Å². The van der Waals surface area contributed by atoms with E-state index in [0.29, 0.717) is 16.7 Å². The average molecular weight is 539 g/mol. The van der Waals surface area contributed by atoms with Crippen LogP contribution in [-0.4, -0.2) is 49.3 Å². The van der Waals surface area contributed by atoms with Gasteiger partial charge in [-0.15, -0.1) is 0 Å². The first-order chi connectivity index (χ1) is 16.9. The molecule has 2 N–H and O–H groups in total. The topological polar surface area (TPSA) is 96.6 Å². The zero-order valence-electron chi connectivity index (χ0n) is 19.0. The molecule has 12 heteroatoms. The lowest BCUT2D eigenvalue weighted by molar-refractivity contribution is -0.137. The van der Waals surface area contributed by atoms with Gasteiger partial charge in [0.2, 0.25) is 15.9 Å². The normalized spacial score (nSPS) is 17.2. The summed E-state index contributed by atoms with van der Waals surface area (Å²) in [6.07, 6.45) is -4.58. The first-order valence-electron chi connectivity index (χ1n) is 10.9. The quantitative estimate of drug-likeness (QED) is 0.485. The van der Waals surface area contributed by atoms with Crippen molar-refractivity contribution in [1.82, 2.24) is 9.29 Å². The standard InChI is InChI=1S/C24H22ClF3N4O3S/c1-15-14-31(10-11-32(15)22-13-17(24(26,27)28)12-21(25)30-22)36(34,35)18-8-6-16(7-9-18)19-4-2-3-5-20(19)23(29)33/h2-9,12-13,15H,10-11,14H2,1H3,(H2,29,33). The lowest BCUT2D eigenvalue weighted by Gasteiger charge is -2.40. The molecule has 7 nitrogen and oxygen atoms in total. The number of hydrogen-bond acceptors (Lipinski definition) is 5. The van der Waals surface area contributed by atoms with Gasteiger partial charge in [-0.25, -0.2) is 13.4 Å². The summed E-state index contributed by atoms with van der Waals surface area (Å²) in [5.74, 6) is -0.553. The van der Waals surface area contributed by atoms with Crippen molar-refractivity contribution >= 4 is 33.3 Å². The highest BCUT2D eigenvalue weighted by molar-refractivity contribution is 7.89. The van der Waals surface area contributed by atoms with Crippen molar-refractivity contribution in [2.45, 2.75) is 24.0 Å². The third kappa shape index (κ3) is 5.18. The Morgan fingerprint density at radius 3 is 2.36 bits per heavy atom. The minimum Gasteiger partial charge on any atom is -0.366 e. The third-order valence-corrected chi connectivity index (χ3v) is 8.06. The molecule has 0 bridgehead atoms. The number of rotatable bonds is 5. The SMILES string of the molecule is CC1CN(S(=O)(=O)c2ccc(-c3ccccc3C(N)=O)cc2)CCN1c1cc(C(F)(F)F)cc(Cl)n1. The van der Waals surface area contributed by atoms with Crippen molar-refractivity contribution in [3.05, 3.63) is 76.9 Å². The van der Waals surface area contributed by atoms with Gasteiger partial charge in [-0.2, -0.15) is 17.5 Å². The summed E-state index contributed by atoms with van der Waals surface area (Å²) in [5.41, 5.74) is 6.06. The number of anilines is 1. The second kappa shape index (κ2) is 9.72. The predicted octanol–water partition coefficient (Wildman–Crippen LogP) is 4.42. The first-order valence-corrected chi connectivity index (χ1v) is 12.7. The zero-order valence-corrected chi connectivity index (χ0v) is 20.6. The minimum atomic E-state index is -4.58. The molecular formula is C24H22ClF3N4O3S. The Morgan fingerprint density at radius 2 is 1.75 bits per heavy atom. The number of hydrogen-bond donors (Lipinski definition) is 1. The molecule has 1 unspecified atom stereocenters. The van der Waals surface area contributed by atoms with Crippen molar-refractivity contribution in [2.24, 2.45) is 5.73 Å². The van der Waals surface area contributed by atoms with E-state index in [4.69, 9.17) is 17.3 Å². The number of nitrogens with zero attached hydrogens (tertiary/aromatic N) is 3. The van der Waals surface area contributed by atoms with E-state index < -0.39 is 33.7 Å². The number of carbonyl (C=O) groups is 1. The van der Waals surface area contributed by atoms with Gasteiger partial charge in [0.25, 0.3) is 0 Å². The number of carbonyl (C=O) groups excluding carboxylic acids is 1. The van der Waals surface area contributed by atoms with Gasteiger partial charge in [0.05, 0.1) is 10.5 Å². The van der Waals surface area contributed by atoms with Crippen molar-refractivity contribution in [1.29, 1.82) is 0 Å². The molecule has 0 spiro atoms. The Bertz CT molecular complexity index is 1400. The van der Waals surface area contributed by atoms with Gasteiger partial charge < -0.3 is 10.6 Å². The van der Waals surface area contributed by atoms with E-state index in [9.17, 15) is 26.4 Å². The second-order valence-electron chi connectivity index (χ2n) is 8.37. The summed E-state index contributed by atoms with van der Waals surface area (Å²) in [4.78, 5) is 17.4. The molecule has 0 saturated carbocycles. The van der Waals surface area contributed by atoms with Gasteiger partial charge in [-0.3, -0.25) is 4.79 Å².